The molecule has 1 aliphatic heterocycles. The van der Waals surface area contributed by atoms with E-state index in [-0.39, 0.29) is 18.4 Å². The Morgan fingerprint density at radius 2 is 1.87 bits per heavy atom. The molecule has 2 N–H and O–H groups in total. The lowest BCUT2D eigenvalue weighted by Crippen LogP contribution is -2.37. The van der Waals surface area contributed by atoms with Gasteiger partial charge in [0.2, 0.25) is 0 Å². The number of carboxylic acids is 1. The summed E-state index contributed by atoms with van der Waals surface area (Å²) in [6.45, 7) is 2.63. The summed E-state index contributed by atoms with van der Waals surface area (Å²) in [5.74, 6) is -1.06. The molecule has 6 heteroatoms. The van der Waals surface area contributed by atoms with Crippen LogP contribution in [0.3, 0.4) is 0 Å². The van der Waals surface area contributed by atoms with Crippen molar-refractivity contribution in [3.05, 3.63) is 92.6 Å². The minimum absolute atomic E-state index is 0.138. The van der Waals surface area contributed by atoms with Gasteiger partial charge < -0.3 is 10.4 Å². The second-order valence-corrected chi connectivity index (χ2v) is 8.80. The number of nitrogens with zero attached hydrogens (tertiary/aromatic N) is 1. The number of nitrogens with one attached hydrogen (secondary N) is 1. The molecular formula is C25H23IN2O3. The number of halogens is 1. The fourth-order valence-electron chi connectivity index (χ4n) is 3.99. The maximum absolute atomic E-state index is 13.9. The third-order valence-corrected chi connectivity index (χ3v) is 6.26. The van der Waals surface area contributed by atoms with Crippen LogP contribution in [0.1, 0.15) is 40.0 Å². The van der Waals surface area contributed by atoms with E-state index in [0.717, 1.165) is 21.2 Å². The van der Waals surface area contributed by atoms with Crippen molar-refractivity contribution in [1.82, 2.24) is 0 Å². The molecule has 1 amide bonds. The lowest BCUT2D eigenvalue weighted by Gasteiger charge is -2.32. The number of benzene rings is 3. The van der Waals surface area contributed by atoms with Gasteiger partial charge in [0.1, 0.15) is 0 Å². The van der Waals surface area contributed by atoms with Crippen molar-refractivity contribution in [1.29, 1.82) is 0 Å². The van der Waals surface area contributed by atoms with Gasteiger partial charge in [-0.05, 0) is 70.0 Å². The summed E-state index contributed by atoms with van der Waals surface area (Å²) in [6, 6.07) is 21.1. The van der Waals surface area contributed by atoms with E-state index < -0.39 is 5.97 Å². The van der Waals surface area contributed by atoms with Gasteiger partial charge >= 0.3 is 5.97 Å². The number of anilines is 2. The number of amides is 1. The average molecular weight is 526 g/mol. The van der Waals surface area contributed by atoms with Crippen molar-refractivity contribution in [2.24, 2.45) is 0 Å². The predicted molar refractivity (Wildman–Crippen MR) is 131 cm³/mol. The molecule has 1 heterocycles. The van der Waals surface area contributed by atoms with Crippen molar-refractivity contribution in [3.63, 3.8) is 0 Å². The van der Waals surface area contributed by atoms with Gasteiger partial charge in [-0.15, -0.1) is 0 Å². The van der Waals surface area contributed by atoms with Gasteiger partial charge in [0.25, 0.3) is 5.91 Å². The fourth-order valence-corrected chi connectivity index (χ4v) is 4.49. The first-order chi connectivity index (χ1) is 15.0. The Labute approximate surface area is 195 Å². The zero-order valence-corrected chi connectivity index (χ0v) is 19.3. The molecule has 4 rings (SSSR count). The van der Waals surface area contributed by atoms with Crippen molar-refractivity contribution < 1.29 is 14.7 Å². The Morgan fingerprint density at radius 1 is 1.13 bits per heavy atom. The molecule has 1 unspecified atom stereocenters. The second kappa shape index (κ2) is 9.09. The molecule has 3 aromatic carbocycles. The van der Waals surface area contributed by atoms with Crippen molar-refractivity contribution in [3.8, 4) is 0 Å². The van der Waals surface area contributed by atoms with E-state index in [2.05, 4.69) is 59.1 Å². The standard InChI is InChI=1S/C25H23IN2O3/c1-2-16-7-9-17(10-8-16)23-15-27-21-12-11-19(26)14-20(21)25(31)28(23)22-6-4-3-5-18(22)13-24(29)30/h3-12,14,23,27H,2,13,15H2,1H3,(H,29,30). The summed E-state index contributed by atoms with van der Waals surface area (Å²) in [7, 11) is 0. The minimum atomic E-state index is -0.924. The van der Waals surface area contributed by atoms with Crippen molar-refractivity contribution in [2.45, 2.75) is 25.8 Å². The van der Waals surface area contributed by atoms with Crippen LogP contribution in [-0.4, -0.2) is 23.5 Å². The Balaban J connectivity index is 1.88. The molecule has 0 bridgehead atoms. The predicted octanol–water partition coefficient (Wildman–Crippen LogP) is 5.29. The zero-order valence-electron chi connectivity index (χ0n) is 17.1. The molecule has 0 saturated heterocycles. The Hall–Kier alpha value is -2.87. The highest BCUT2D eigenvalue weighted by Gasteiger charge is 2.33. The SMILES string of the molecule is CCc1ccc(C2CNc3ccc(I)cc3C(=O)N2c2ccccc2CC(=O)O)cc1. The fraction of sp³-hybridized carbons (Fsp3) is 0.200. The second-order valence-electron chi connectivity index (χ2n) is 7.56. The topological polar surface area (TPSA) is 69.6 Å². The summed E-state index contributed by atoms with van der Waals surface area (Å²) in [5, 5.41) is 12.9. The number of fused-ring (bicyclic) bond motifs is 1. The lowest BCUT2D eigenvalue weighted by atomic mass is 9.99. The highest BCUT2D eigenvalue weighted by molar-refractivity contribution is 14.1. The number of carboxylic acid groups (broad SMARTS) is 1. The van der Waals surface area contributed by atoms with Gasteiger partial charge in [0.05, 0.1) is 18.0 Å². The summed E-state index contributed by atoms with van der Waals surface area (Å²) in [5.41, 5.74) is 4.86. The van der Waals surface area contributed by atoms with Crippen molar-refractivity contribution >= 4 is 45.8 Å². The number of rotatable bonds is 5. The maximum Gasteiger partial charge on any atom is 0.307 e. The van der Waals surface area contributed by atoms with Gasteiger partial charge in [-0.2, -0.15) is 0 Å². The maximum atomic E-state index is 13.9. The van der Waals surface area contributed by atoms with E-state index in [1.807, 2.05) is 36.4 Å². The third-order valence-electron chi connectivity index (χ3n) is 5.59. The molecule has 0 fully saturated rings. The largest absolute Gasteiger partial charge is 0.481 e. The molecule has 0 saturated carbocycles. The van der Waals surface area contributed by atoms with Crippen LogP contribution in [0.15, 0.2) is 66.7 Å². The molecule has 0 radical (unpaired) electrons. The molecular weight excluding hydrogens is 503 g/mol. The average Bonchev–Trinajstić information content (AvgIpc) is 2.90. The quantitative estimate of drug-likeness (QED) is 0.444. The number of hydrogen-bond acceptors (Lipinski definition) is 3. The highest BCUT2D eigenvalue weighted by Crippen LogP contribution is 2.36. The molecule has 0 spiro atoms. The summed E-state index contributed by atoms with van der Waals surface area (Å²) >= 11 is 2.20. The minimum Gasteiger partial charge on any atom is -0.481 e. The number of para-hydroxylation sites is 1. The van der Waals surface area contributed by atoms with Gasteiger partial charge in [0, 0.05) is 21.5 Å². The molecule has 5 nitrogen and oxygen atoms in total. The third kappa shape index (κ3) is 4.44. The first-order valence-electron chi connectivity index (χ1n) is 10.2. The Bertz CT molecular complexity index is 1130. The lowest BCUT2D eigenvalue weighted by molar-refractivity contribution is -0.136. The monoisotopic (exact) mass is 526 g/mol. The van der Waals surface area contributed by atoms with Gasteiger partial charge in [-0.1, -0.05) is 49.4 Å². The van der Waals surface area contributed by atoms with Crippen LogP contribution in [0, 0.1) is 3.57 Å². The number of carbonyl (C=O) groups excluding carboxylic acids is 1. The van der Waals surface area contributed by atoms with E-state index >= 15 is 0 Å². The van der Waals surface area contributed by atoms with Crippen LogP contribution in [0.2, 0.25) is 0 Å². The van der Waals surface area contributed by atoms with Crippen LogP contribution in [-0.2, 0) is 17.6 Å². The van der Waals surface area contributed by atoms with Gasteiger partial charge in [-0.3, -0.25) is 14.5 Å². The molecule has 3 aromatic rings. The first kappa shape index (κ1) is 21.4. The Kier molecular flexibility index (Phi) is 6.27. The molecule has 31 heavy (non-hydrogen) atoms. The molecule has 1 atom stereocenters. The van der Waals surface area contributed by atoms with Crippen LogP contribution in [0.5, 0.6) is 0 Å². The smallest absolute Gasteiger partial charge is 0.307 e. The van der Waals surface area contributed by atoms with Crippen LogP contribution in [0.25, 0.3) is 0 Å². The van der Waals surface area contributed by atoms with E-state index in [4.69, 9.17) is 0 Å². The van der Waals surface area contributed by atoms with E-state index in [1.54, 1.807) is 11.0 Å². The summed E-state index contributed by atoms with van der Waals surface area (Å²) < 4.78 is 0.969. The van der Waals surface area contributed by atoms with E-state index in [9.17, 15) is 14.7 Å². The number of carbonyl (C=O) groups is 2. The van der Waals surface area contributed by atoms with Gasteiger partial charge in [0.15, 0.2) is 0 Å². The summed E-state index contributed by atoms with van der Waals surface area (Å²) in [4.78, 5) is 27.1. The number of aryl methyl sites for hydroxylation is 1. The molecule has 158 valence electrons. The van der Waals surface area contributed by atoms with Crippen LogP contribution >= 0.6 is 22.6 Å². The number of aliphatic carboxylic acids is 1. The number of hydrogen-bond donors (Lipinski definition) is 2. The molecule has 1 aliphatic rings. The zero-order chi connectivity index (χ0) is 22.0. The first-order valence-corrected chi connectivity index (χ1v) is 11.3. The highest BCUT2D eigenvalue weighted by atomic mass is 127. The molecule has 0 aliphatic carbocycles. The molecule has 0 aromatic heterocycles. The van der Waals surface area contributed by atoms with E-state index in [0.29, 0.717) is 23.4 Å². The normalized spacial score (nSPS) is 15.7. The Morgan fingerprint density at radius 3 is 2.58 bits per heavy atom. The van der Waals surface area contributed by atoms with Crippen LogP contribution in [0.4, 0.5) is 11.4 Å². The van der Waals surface area contributed by atoms with E-state index in [1.165, 1.54) is 5.56 Å². The van der Waals surface area contributed by atoms with Gasteiger partial charge in [-0.25, -0.2) is 0 Å². The van der Waals surface area contributed by atoms with Crippen molar-refractivity contribution in [2.75, 3.05) is 16.8 Å². The van der Waals surface area contributed by atoms with Crippen LogP contribution < -0.4 is 10.2 Å². The summed E-state index contributed by atoms with van der Waals surface area (Å²) in [6.07, 6.45) is 0.797.